The van der Waals surface area contributed by atoms with Gasteiger partial charge < -0.3 is 13.9 Å². The van der Waals surface area contributed by atoms with E-state index in [2.05, 4.69) is 29.2 Å². The zero-order chi connectivity index (χ0) is 18.0. The summed E-state index contributed by atoms with van der Waals surface area (Å²) >= 11 is 0. The summed E-state index contributed by atoms with van der Waals surface area (Å²) in [5.41, 5.74) is 2.32. The molecule has 0 amide bonds. The van der Waals surface area contributed by atoms with E-state index in [1.54, 1.807) is 0 Å². The standard InChI is InChI=1S/C20H28NO3P/c1-3-23-25(22,24-4-2)18-12-11-17-21(19-13-7-5-8-14-19)20-15-9-6-10-16-20/h5-10,13-16H,3-4,11-12,17-18H2,1-2H3. The van der Waals surface area contributed by atoms with Gasteiger partial charge in [0.05, 0.1) is 19.4 Å². The summed E-state index contributed by atoms with van der Waals surface area (Å²) in [5, 5.41) is 0. The van der Waals surface area contributed by atoms with E-state index in [4.69, 9.17) is 9.05 Å². The lowest BCUT2D eigenvalue weighted by Crippen LogP contribution is -2.18. The summed E-state index contributed by atoms with van der Waals surface area (Å²) in [6.07, 6.45) is 2.17. The Labute approximate surface area is 151 Å². The maximum atomic E-state index is 12.5. The fourth-order valence-electron chi connectivity index (χ4n) is 2.76. The maximum Gasteiger partial charge on any atom is 0.330 e. The molecule has 0 aliphatic carbocycles. The van der Waals surface area contributed by atoms with Gasteiger partial charge >= 0.3 is 7.60 Å². The summed E-state index contributed by atoms with van der Waals surface area (Å²) in [4.78, 5) is 2.28. The fourth-order valence-corrected chi connectivity index (χ4v) is 4.49. The molecule has 25 heavy (non-hydrogen) atoms. The van der Waals surface area contributed by atoms with Crippen LogP contribution in [0.1, 0.15) is 26.7 Å². The van der Waals surface area contributed by atoms with Crippen LogP contribution in [-0.4, -0.2) is 25.9 Å². The van der Waals surface area contributed by atoms with Crippen molar-refractivity contribution >= 4 is 19.0 Å². The molecule has 2 aromatic rings. The molecule has 0 aliphatic heterocycles. The van der Waals surface area contributed by atoms with E-state index in [0.29, 0.717) is 19.4 Å². The van der Waals surface area contributed by atoms with E-state index in [1.807, 2.05) is 50.2 Å². The third-order valence-electron chi connectivity index (χ3n) is 3.85. The number of para-hydroxylation sites is 2. The molecule has 0 atom stereocenters. The quantitative estimate of drug-likeness (QED) is 0.370. The lowest BCUT2D eigenvalue weighted by molar-refractivity contribution is 0.219. The van der Waals surface area contributed by atoms with E-state index in [-0.39, 0.29) is 0 Å². The van der Waals surface area contributed by atoms with E-state index in [9.17, 15) is 4.57 Å². The number of hydrogen-bond donors (Lipinski definition) is 0. The van der Waals surface area contributed by atoms with Crippen LogP contribution in [0.15, 0.2) is 60.7 Å². The molecule has 0 aromatic heterocycles. The van der Waals surface area contributed by atoms with Gasteiger partial charge in [-0.05, 0) is 51.0 Å². The largest absolute Gasteiger partial charge is 0.341 e. The van der Waals surface area contributed by atoms with Crippen LogP contribution >= 0.6 is 7.60 Å². The fraction of sp³-hybridized carbons (Fsp3) is 0.400. The second-order valence-electron chi connectivity index (χ2n) is 5.70. The second kappa shape index (κ2) is 10.4. The van der Waals surface area contributed by atoms with E-state index in [1.165, 1.54) is 0 Å². The highest BCUT2D eigenvalue weighted by atomic mass is 31.2. The molecule has 0 bridgehead atoms. The first kappa shape index (κ1) is 19.7. The molecule has 0 spiro atoms. The average molecular weight is 361 g/mol. The van der Waals surface area contributed by atoms with Crippen LogP contribution in [0.5, 0.6) is 0 Å². The molecule has 136 valence electrons. The number of nitrogens with zero attached hydrogens (tertiary/aromatic N) is 1. The van der Waals surface area contributed by atoms with Gasteiger partial charge in [-0.25, -0.2) is 0 Å². The molecule has 0 N–H and O–H groups in total. The Morgan fingerprint density at radius 2 is 1.28 bits per heavy atom. The first-order chi connectivity index (χ1) is 12.2. The van der Waals surface area contributed by atoms with Crippen molar-refractivity contribution in [3.05, 3.63) is 60.7 Å². The van der Waals surface area contributed by atoms with Gasteiger partial charge in [0.15, 0.2) is 0 Å². The van der Waals surface area contributed by atoms with Crippen LogP contribution in [0.4, 0.5) is 11.4 Å². The third-order valence-corrected chi connectivity index (χ3v) is 6.02. The van der Waals surface area contributed by atoms with Gasteiger partial charge in [0.1, 0.15) is 0 Å². The molecule has 0 fully saturated rings. The van der Waals surface area contributed by atoms with Gasteiger partial charge in [-0.2, -0.15) is 0 Å². The summed E-state index contributed by atoms with van der Waals surface area (Å²) < 4.78 is 23.3. The van der Waals surface area contributed by atoms with Crippen molar-refractivity contribution in [2.75, 3.05) is 30.8 Å². The summed E-state index contributed by atoms with van der Waals surface area (Å²) in [7, 11) is -2.94. The van der Waals surface area contributed by atoms with E-state index in [0.717, 1.165) is 30.8 Å². The number of rotatable bonds is 11. The highest BCUT2D eigenvalue weighted by molar-refractivity contribution is 7.53. The van der Waals surface area contributed by atoms with Crippen LogP contribution in [0, 0.1) is 0 Å². The Bertz CT molecular complexity index is 599. The number of unbranched alkanes of at least 4 members (excludes halogenated alkanes) is 1. The molecule has 5 heteroatoms. The van der Waals surface area contributed by atoms with Crippen LogP contribution in [-0.2, 0) is 13.6 Å². The van der Waals surface area contributed by atoms with Crippen molar-refractivity contribution in [2.45, 2.75) is 26.7 Å². The Hall–Kier alpha value is -1.61. The summed E-state index contributed by atoms with van der Waals surface area (Å²) in [6, 6.07) is 20.7. The topological polar surface area (TPSA) is 38.8 Å². The minimum absolute atomic E-state index is 0.414. The van der Waals surface area contributed by atoms with Gasteiger partial charge in [0, 0.05) is 17.9 Å². The molecule has 0 heterocycles. The van der Waals surface area contributed by atoms with Crippen LogP contribution in [0.2, 0.25) is 0 Å². The third kappa shape index (κ3) is 6.32. The summed E-state index contributed by atoms with van der Waals surface area (Å²) in [6.45, 7) is 5.37. The van der Waals surface area contributed by atoms with Crippen molar-refractivity contribution in [1.82, 2.24) is 0 Å². The highest BCUT2D eigenvalue weighted by Crippen LogP contribution is 2.48. The first-order valence-corrected chi connectivity index (χ1v) is 10.7. The van der Waals surface area contributed by atoms with Crippen molar-refractivity contribution in [3.63, 3.8) is 0 Å². The number of hydrogen-bond acceptors (Lipinski definition) is 4. The minimum atomic E-state index is -2.94. The molecular weight excluding hydrogens is 333 g/mol. The first-order valence-electron chi connectivity index (χ1n) is 8.94. The lowest BCUT2D eigenvalue weighted by Gasteiger charge is -2.25. The molecule has 0 radical (unpaired) electrons. The molecule has 0 saturated carbocycles. The smallest absolute Gasteiger partial charge is 0.330 e. The highest BCUT2D eigenvalue weighted by Gasteiger charge is 2.22. The van der Waals surface area contributed by atoms with Crippen molar-refractivity contribution in [2.24, 2.45) is 0 Å². The van der Waals surface area contributed by atoms with Crippen molar-refractivity contribution < 1.29 is 13.6 Å². The molecule has 0 unspecified atom stereocenters. The van der Waals surface area contributed by atoms with Crippen molar-refractivity contribution in [1.29, 1.82) is 0 Å². The molecule has 2 rings (SSSR count). The molecule has 2 aromatic carbocycles. The predicted octanol–water partition coefficient (Wildman–Crippen LogP) is 5.87. The number of anilines is 2. The second-order valence-corrected chi connectivity index (χ2v) is 7.89. The normalized spacial score (nSPS) is 11.4. The molecule has 4 nitrogen and oxygen atoms in total. The monoisotopic (exact) mass is 361 g/mol. The zero-order valence-corrected chi connectivity index (χ0v) is 16.0. The molecule has 0 aliphatic rings. The summed E-state index contributed by atoms with van der Waals surface area (Å²) in [5.74, 6) is 0. The molecular formula is C20H28NO3P. The van der Waals surface area contributed by atoms with Crippen LogP contribution < -0.4 is 4.90 Å². The maximum absolute atomic E-state index is 12.5. The van der Waals surface area contributed by atoms with Gasteiger partial charge in [-0.1, -0.05) is 36.4 Å². The Kier molecular flexibility index (Phi) is 8.20. The van der Waals surface area contributed by atoms with Gasteiger partial charge in [-0.3, -0.25) is 4.57 Å². The van der Waals surface area contributed by atoms with Gasteiger partial charge in [-0.15, -0.1) is 0 Å². The lowest BCUT2D eigenvalue weighted by atomic mass is 10.2. The minimum Gasteiger partial charge on any atom is -0.341 e. The average Bonchev–Trinajstić information content (AvgIpc) is 2.63. The Morgan fingerprint density at radius 1 is 0.800 bits per heavy atom. The van der Waals surface area contributed by atoms with Crippen molar-refractivity contribution in [3.8, 4) is 0 Å². The SMILES string of the molecule is CCOP(=O)(CCCCN(c1ccccc1)c1ccccc1)OCC. The molecule has 0 saturated heterocycles. The number of benzene rings is 2. The van der Waals surface area contributed by atoms with E-state index < -0.39 is 7.60 Å². The van der Waals surface area contributed by atoms with E-state index >= 15 is 0 Å². The predicted molar refractivity (Wildman–Crippen MR) is 105 cm³/mol. The van der Waals surface area contributed by atoms with Gasteiger partial charge in [0.25, 0.3) is 0 Å². The van der Waals surface area contributed by atoms with Gasteiger partial charge in [0.2, 0.25) is 0 Å². The van der Waals surface area contributed by atoms with Crippen LogP contribution in [0.3, 0.4) is 0 Å². The Balaban J connectivity index is 1.98. The van der Waals surface area contributed by atoms with Crippen LogP contribution in [0.25, 0.3) is 0 Å². The zero-order valence-electron chi connectivity index (χ0n) is 15.1. The Morgan fingerprint density at radius 3 is 1.72 bits per heavy atom.